The third-order valence-corrected chi connectivity index (χ3v) is 4.93. The highest BCUT2D eigenvalue weighted by atomic mass is 19.1. The molecule has 1 aliphatic rings. The average molecular weight is 395 g/mol. The maximum absolute atomic E-state index is 14.2. The zero-order valence-electron chi connectivity index (χ0n) is 15.6. The van der Waals surface area contributed by atoms with Crippen molar-refractivity contribution < 1.29 is 18.3 Å². The minimum atomic E-state index is -1.04. The fourth-order valence-electron chi connectivity index (χ4n) is 3.40. The third-order valence-electron chi connectivity index (χ3n) is 4.93. The Bertz CT molecular complexity index is 987. The van der Waals surface area contributed by atoms with Crippen molar-refractivity contribution in [1.29, 1.82) is 0 Å². The summed E-state index contributed by atoms with van der Waals surface area (Å²) in [5.74, 6) is -2.00. The molecule has 0 aliphatic carbocycles. The fraction of sp³-hybridized carbons (Fsp3) is 0.227. The summed E-state index contributed by atoms with van der Waals surface area (Å²) in [6, 6.07) is 11.9. The Morgan fingerprint density at radius 3 is 2.66 bits per heavy atom. The van der Waals surface area contributed by atoms with Crippen LogP contribution in [0.2, 0.25) is 0 Å². The Hall–Kier alpha value is -3.35. The van der Waals surface area contributed by atoms with Crippen LogP contribution in [-0.4, -0.2) is 33.9 Å². The molecule has 1 aromatic heterocycles. The molecular formula is C22H19F2N3O2. The summed E-state index contributed by atoms with van der Waals surface area (Å²) in [5, 5.41) is 0. The van der Waals surface area contributed by atoms with Gasteiger partial charge in [-0.3, -0.25) is 4.79 Å². The number of hydrogen-bond donors (Lipinski definition) is 0. The van der Waals surface area contributed by atoms with Gasteiger partial charge in [0, 0.05) is 43.0 Å². The predicted octanol–water partition coefficient (Wildman–Crippen LogP) is 3.50. The molecule has 1 aliphatic heterocycles. The zero-order chi connectivity index (χ0) is 20.2. The molecule has 5 nitrogen and oxygen atoms in total. The summed E-state index contributed by atoms with van der Waals surface area (Å²) in [6.07, 6.45) is 3.48. The second-order valence-corrected chi connectivity index (χ2v) is 6.80. The average Bonchev–Trinajstić information content (AvgIpc) is 2.96. The minimum absolute atomic E-state index is 0.169. The lowest BCUT2D eigenvalue weighted by molar-refractivity contribution is -0.139. The van der Waals surface area contributed by atoms with Gasteiger partial charge in [-0.2, -0.15) is 0 Å². The van der Waals surface area contributed by atoms with E-state index in [1.54, 1.807) is 35.4 Å². The van der Waals surface area contributed by atoms with Crippen molar-refractivity contribution in [1.82, 2.24) is 14.9 Å². The van der Waals surface area contributed by atoms with E-state index in [2.05, 4.69) is 9.97 Å². The first-order valence-electron chi connectivity index (χ1n) is 9.35. The number of rotatable bonds is 4. The molecule has 3 aromatic rings. The molecule has 0 saturated carbocycles. The van der Waals surface area contributed by atoms with E-state index in [0.29, 0.717) is 31.5 Å². The summed E-state index contributed by atoms with van der Waals surface area (Å²) >= 11 is 0. The number of hydrogen-bond acceptors (Lipinski definition) is 4. The molecule has 0 saturated heterocycles. The van der Waals surface area contributed by atoms with E-state index in [-0.39, 0.29) is 11.7 Å². The standard InChI is InChI=1S/C22H19F2N3O2/c23-17-6-7-20(18(24)12-17)29-21(15-4-2-1-3-5-15)22(28)27-10-8-16-13-25-14-26-19(16)9-11-27/h1-7,12-14,21H,8-11H2. The van der Waals surface area contributed by atoms with Crippen LogP contribution in [0.4, 0.5) is 8.78 Å². The molecular weight excluding hydrogens is 376 g/mol. The molecule has 29 heavy (non-hydrogen) atoms. The van der Waals surface area contributed by atoms with E-state index in [1.807, 2.05) is 6.07 Å². The zero-order valence-corrected chi connectivity index (χ0v) is 15.6. The van der Waals surface area contributed by atoms with Gasteiger partial charge in [0.2, 0.25) is 6.10 Å². The van der Waals surface area contributed by atoms with E-state index in [9.17, 15) is 13.6 Å². The largest absolute Gasteiger partial charge is 0.473 e. The number of aromatic nitrogens is 2. The van der Waals surface area contributed by atoms with Crippen molar-refractivity contribution in [3.05, 3.63) is 89.5 Å². The van der Waals surface area contributed by atoms with Gasteiger partial charge in [0.15, 0.2) is 11.6 Å². The Kier molecular flexibility index (Phi) is 5.46. The first-order chi connectivity index (χ1) is 14.1. The SMILES string of the molecule is O=C(C(Oc1ccc(F)cc1F)c1ccccc1)N1CCc2cncnc2CC1. The molecule has 0 fully saturated rings. The van der Waals surface area contributed by atoms with Crippen LogP contribution in [0, 0.1) is 11.6 Å². The normalized spacial score (nSPS) is 14.6. The van der Waals surface area contributed by atoms with Crippen molar-refractivity contribution in [3.63, 3.8) is 0 Å². The van der Waals surface area contributed by atoms with Gasteiger partial charge in [-0.25, -0.2) is 18.7 Å². The number of nitrogens with zero attached hydrogens (tertiary/aromatic N) is 3. The highest BCUT2D eigenvalue weighted by Gasteiger charge is 2.30. The smallest absolute Gasteiger partial charge is 0.268 e. The van der Waals surface area contributed by atoms with Gasteiger partial charge < -0.3 is 9.64 Å². The van der Waals surface area contributed by atoms with E-state index in [0.717, 1.165) is 23.4 Å². The molecule has 2 aromatic carbocycles. The molecule has 7 heteroatoms. The van der Waals surface area contributed by atoms with Crippen LogP contribution in [0.1, 0.15) is 22.9 Å². The number of benzene rings is 2. The van der Waals surface area contributed by atoms with Crippen LogP contribution >= 0.6 is 0 Å². The Morgan fingerprint density at radius 1 is 1.07 bits per heavy atom. The highest BCUT2D eigenvalue weighted by Crippen LogP contribution is 2.27. The van der Waals surface area contributed by atoms with E-state index in [1.165, 1.54) is 12.4 Å². The van der Waals surface area contributed by atoms with E-state index in [4.69, 9.17) is 4.74 Å². The minimum Gasteiger partial charge on any atom is -0.473 e. The second kappa shape index (κ2) is 8.34. The van der Waals surface area contributed by atoms with Gasteiger partial charge in [0.25, 0.3) is 5.91 Å². The molecule has 0 spiro atoms. The van der Waals surface area contributed by atoms with Crippen LogP contribution in [-0.2, 0) is 17.6 Å². The van der Waals surface area contributed by atoms with Crippen LogP contribution < -0.4 is 4.74 Å². The number of carbonyl (C=O) groups is 1. The molecule has 1 amide bonds. The number of ether oxygens (including phenoxy) is 1. The predicted molar refractivity (Wildman–Crippen MR) is 102 cm³/mol. The number of carbonyl (C=O) groups excluding carboxylic acids is 1. The van der Waals surface area contributed by atoms with Crippen molar-refractivity contribution in [3.8, 4) is 5.75 Å². The summed E-state index contributed by atoms with van der Waals surface area (Å²) in [5.41, 5.74) is 2.55. The Balaban J connectivity index is 1.60. The van der Waals surface area contributed by atoms with Gasteiger partial charge in [0.1, 0.15) is 12.1 Å². The van der Waals surface area contributed by atoms with Crippen molar-refractivity contribution in [2.75, 3.05) is 13.1 Å². The van der Waals surface area contributed by atoms with Crippen molar-refractivity contribution in [2.24, 2.45) is 0 Å². The van der Waals surface area contributed by atoms with Crippen molar-refractivity contribution >= 4 is 5.91 Å². The Labute approximate surface area is 167 Å². The topological polar surface area (TPSA) is 55.3 Å². The molecule has 0 radical (unpaired) electrons. The van der Waals surface area contributed by atoms with Gasteiger partial charge in [-0.15, -0.1) is 0 Å². The molecule has 0 bridgehead atoms. The molecule has 148 valence electrons. The van der Waals surface area contributed by atoms with Crippen molar-refractivity contribution in [2.45, 2.75) is 18.9 Å². The summed E-state index contributed by atoms with van der Waals surface area (Å²) < 4.78 is 33.2. The quantitative estimate of drug-likeness (QED) is 0.679. The number of amides is 1. The molecule has 0 N–H and O–H groups in total. The van der Waals surface area contributed by atoms with Crippen LogP contribution in [0.3, 0.4) is 0 Å². The molecule has 1 unspecified atom stereocenters. The first-order valence-corrected chi connectivity index (χ1v) is 9.35. The van der Waals surface area contributed by atoms with Crippen LogP contribution in [0.15, 0.2) is 61.1 Å². The van der Waals surface area contributed by atoms with Crippen LogP contribution in [0.25, 0.3) is 0 Å². The number of halogens is 2. The summed E-state index contributed by atoms with van der Waals surface area (Å²) in [6.45, 7) is 0.958. The molecule has 1 atom stereocenters. The summed E-state index contributed by atoms with van der Waals surface area (Å²) in [4.78, 5) is 23.4. The lowest BCUT2D eigenvalue weighted by Gasteiger charge is -2.27. The van der Waals surface area contributed by atoms with Gasteiger partial charge in [-0.05, 0) is 24.1 Å². The fourth-order valence-corrected chi connectivity index (χ4v) is 3.40. The van der Waals surface area contributed by atoms with Gasteiger partial charge in [0.05, 0.1) is 0 Å². The third kappa shape index (κ3) is 4.23. The van der Waals surface area contributed by atoms with Crippen LogP contribution in [0.5, 0.6) is 5.75 Å². The monoisotopic (exact) mass is 395 g/mol. The summed E-state index contributed by atoms with van der Waals surface area (Å²) in [7, 11) is 0. The lowest BCUT2D eigenvalue weighted by Crippen LogP contribution is -2.39. The first kappa shape index (κ1) is 19.0. The maximum Gasteiger partial charge on any atom is 0.268 e. The lowest BCUT2D eigenvalue weighted by atomic mass is 10.1. The van der Waals surface area contributed by atoms with Gasteiger partial charge in [-0.1, -0.05) is 30.3 Å². The number of fused-ring (bicyclic) bond motifs is 1. The Morgan fingerprint density at radius 2 is 1.86 bits per heavy atom. The van der Waals surface area contributed by atoms with Gasteiger partial charge >= 0.3 is 0 Å². The molecule has 4 rings (SSSR count). The van der Waals surface area contributed by atoms with E-state index >= 15 is 0 Å². The molecule has 2 heterocycles. The highest BCUT2D eigenvalue weighted by molar-refractivity contribution is 5.83. The maximum atomic E-state index is 14.2. The van der Waals surface area contributed by atoms with E-state index < -0.39 is 17.7 Å². The second-order valence-electron chi connectivity index (χ2n) is 6.80.